The Labute approximate surface area is 127 Å². The van der Waals surface area contributed by atoms with Crippen molar-refractivity contribution in [3.05, 3.63) is 29.8 Å². The Balaban J connectivity index is 1.72. The molecule has 3 atom stereocenters. The van der Waals surface area contributed by atoms with Gasteiger partial charge in [0.15, 0.2) is 0 Å². The minimum absolute atomic E-state index is 0.542. The van der Waals surface area contributed by atoms with E-state index in [0.717, 1.165) is 12.1 Å². The number of thioether (sulfide) groups is 1. The van der Waals surface area contributed by atoms with Crippen LogP contribution < -0.4 is 5.32 Å². The van der Waals surface area contributed by atoms with Crippen molar-refractivity contribution in [3.8, 4) is 0 Å². The second-order valence-electron chi connectivity index (χ2n) is 6.10. The number of nitrogens with zero attached hydrogens (tertiary/aromatic N) is 1. The normalized spacial score (nSPS) is 28.9. The number of hydrogen-bond donors (Lipinski definition) is 1. The number of likely N-dealkylation sites (tertiary alicyclic amines) is 1. The van der Waals surface area contributed by atoms with E-state index < -0.39 is 0 Å². The monoisotopic (exact) mass is 290 g/mol. The molecule has 1 aromatic carbocycles. The summed E-state index contributed by atoms with van der Waals surface area (Å²) in [5.41, 5.74) is 1.47. The van der Waals surface area contributed by atoms with E-state index in [4.69, 9.17) is 0 Å². The van der Waals surface area contributed by atoms with Crippen LogP contribution in [0.2, 0.25) is 0 Å². The van der Waals surface area contributed by atoms with Gasteiger partial charge >= 0.3 is 0 Å². The molecule has 3 heteroatoms. The van der Waals surface area contributed by atoms with Gasteiger partial charge in [0.2, 0.25) is 0 Å². The van der Waals surface area contributed by atoms with Gasteiger partial charge in [0, 0.05) is 23.0 Å². The molecule has 20 heavy (non-hydrogen) atoms. The van der Waals surface area contributed by atoms with Crippen LogP contribution in [-0.4, -0.2) is 36.3 Å². The topological polar surface area (TPSA) is 15.3 Å². The van der Waals surface area contributed by atoms with Crippen LogP contribution in [0.5, 0.6) is 0 Å². The first kappa shape index (κ1) is 14.4. The molecule has 0 amide bonds. The molecular formula is C17H26N2S. The summed E-state index contributed by atoms with van der Waals surface area (Å²) in [7, 11) is 0. The second kappa shape index (κ2) is 6.50. The summed E-state index contributed by atoms with van der Waals surface area (Å²) in [5, 5.41) is 3.71. The number of nitrogens with one attached hydrogen (secondary N) is 1. The third-order valence-electron chi connectivity index (χ3n) is 5.00. The molecule has 0 bridgehead atoms. The van der Waals surface area contributed by atoms with E-state index >= 15 is 0 Å². The lowest BCUT2D eigenvalue weighted by Gasteiger charge is -2.34. The number of benzene rings is 1. The first-order valence-corrected chi connectivity index (χ1v) is 9.15. The van der Waals surface area contributed by atoms with E-state index in [-0.39, 0.29) is 0 Å². The van der Waals surface area contributed by atoms with Gasteiger partial charge in [0.1, 0.15) is 0 Å². The molecular weight excluding hydrogens is 264 g/mol. The molecule has 1 N–H and O–H groups in total. The molecule has 0 radical (unpaired) electrons. The van der Waals surface area contributed by atoms with Gasteiger partial charge in [-0.25, -0.2) is 0 Å². The van der Waals surface area contributed by atoms with Crippen LogP contribution in [0.1, 0.15) is 44.2 Å². The zero-order valence-corrected chi connectivity index (χ0v) is 13.5. The molecule has 0 aromatic heterocycles. The van der Waals surface area contributed by atoms with Crippen molar-refractivity contribution >= 4 is 11.8 Å². The van der Waals surface area contributed by atoms with Crippen LogP contribution in [-0.2, 0) is 0 Å². The number of rotatable bonds is 4. The maximum Gasteiger partial charge on any atom is 0.0323 e. The average molecular weight is 290 g/mol. The van der Waals surface area contributed by atoms with Crippen molar-refractivity contribution in [2.45, 2.75) is 55.6 Å². The summed E-state index contributed by atoms with van der Waals surface area (Å²) in [6.45, 7) is 4.85. The maximum atomic E-state index is 3.71. The fourth-order valence-corrected chi connectivity index (χ4v) is 4.25. The van der Waals surface area contributed by atoms with Gasteiger partial charge in [-0.05, 0) is 69.6 Å². The predicted octanol–water partition coefficient (Wildman–Crippen LogP) is 3.69. The second-order valence-corrected chi connectivity index (χ2v) is 6.98. The van der Waals surface area contributed by atoms with E-state index in [1.807, 2.05) is 11.8 Å². The molecule has 2 fully saturated rings. The first-order chi connectivity index (χ1) is 9.79. The summed E-state index contributed by atoms with van der Waals surface area (Å²) < 4.78 is 0. The van der Waals surface area contributed by atoms with E-state index in [0.29, 0.717) is 6.04 Å². The van der Waals surface area contributed by atoms with E-state index in [9.17, 15) is 0 Å². The highest BCUT2D eigenvalue weighted by Gasteiger charge is 2.35. The Bertz CT molecular complexity index is 425. The van der Waals surface area contributed by atoms with Gasteiger partial charge in [0.25, 0.3) is 0 Å². The van der Waals surface area contributed by atoms with Crippen LogP contribution in [0.25, 0.3) is 0 Å². The quantitative estimate of drug-likeness (QED) is 0.852. The van der Waals surface area contributed by atoms with Crippen LogP contribution in [0.4, 0.5) is 0 Å². The molecule has 2 aliphatic rings. The lowest BCUT2D eigenvalue weighted by molar-refractivity contribution is 0.163. The van der Waals surface area contributed by atoms with Crippen LogP contribution in [0.15, 0.2) is 29.2 Å². The summed E-state index contributed by atoms with van der Waals surface area (Å²) in [6.07, 6.45) is 7.58. The molecule has 1 aromatic rings. The summed E-state index contributed by atoms with van der Waals surface area (Å²) in [6, 6.07) is 11.2. The highest BCUT2D eigenvalue weighted by Crippen LogP contribution is 2.33. The molecule has 0 saturated carbocycles. The van der Waals surface area contributed by atoms with Gasteiger partial charge in [-0.15, -0.1) is 11.8 Å². The third kappa shape index (κ3) is 2.90. The van der Waals surface area contributed by atoms with Crippen molar-refractivity contribution in [1.82, 2.24) is 10.2 Å². The van der Waals surface area contributed by atoms with Gasteiger partial charge in [0.05, 0.1) is 0 Å². The molecule has 0 aliphatic carbocycles. The standard InChI is InChI=1S/C17H26N2S/c1-13(14-7-9-15(20-2)10-8-14)19-12-4-6-17(19)16-5-3-11-18-16/h7-10,13,16-18H,3-6,11-12H2,1-2H3. The molecule has 2 heterocycles. The Hall–Kier alpha value is -0.510. The minimum atomic E-state index is 0.542. The highest BCUT2D eigenvalue weighted by molar-refractivity contribution is 7.98. The fraction of sp³-hybridized carbons (Fsp3) is 0.647. The van der Waals surface area contributed by atoms with Crippen molar-refractivity contribution < 1.29 is 0 Å². The molecule has 3 unspecified atom stereocenters. The van der Waals surface area contributed by atoms with Gasteiger partial charge in [-0.2, -0.15) is 0 Å². The summed E-state index contributed by atoms with van der Waals surface area (Å²) >= 11 is 1.82. The summed E-state index contributed by atoms with van der Waals surface area (Å²) in [5.74, 6) is 0. The highest BCUT2D eigenvalue weighted by atomic mass is 32.2. The van der Waals surface area contributed by atoms with Gasteiger partial charge in [-0.3, -0.25) is 4.90 Å². The Morgan fingerprint density at radius 2 is 2.00 bits per heavy atom. The van der Waals surface area contributed by atoms with Crippen molar-refractivity contribution in [3.63, 3.8) is 0 Å². The Kier molecular flexibility index (Phi) is 4.69. The zero-order chi connectivity index (χ0) is 13.9. The van der Waals surface area contributed by atoms with E-state index in [1.54, 1.807) is 0 Å². The molecule has 0 spiro atoms. The lowest BCUT2D eigenvalue weighted by Crippen LogP contribution is -2.44. The smallest absolute Gasteiger partial charge is 0.0323 e. The van der Waals surface area contributed by atoms with Crippen LogP contribution in [0, 0.1) is 0 Å². The zero-order valence-electron chi connectivity index (χ0n) is 12.6. The molecule has 2 saturated heterocycles. The minimum Gasteiger partial charge on any atom is -0.312 e. The largest absolute Gasteiger partial charge is 0.312 e. The Morgan fingerprint density at radius 1 is 1.20 bits per heavy atom. The molecule has 110 valence electrons. The first-order valence-electron chi connectivity index (χ1n) is 7.92. The van der Waals surface area contributed by atoms with Crippen molar-refractivity contribution in [2.75, 3.05) is 19.3 Å². The lowest BCUT2D eigenvalue weighted by atomic mass is 10.0. The Morgan fingerprint density at radius 3 is 2.65 bits per heavy atom. The van der Waals surface area contributed by atoms with Crippen LogP contribution in [0.3, 0.4) is 0 Å². The van der Waals surface area contributed by atoms with E-state index in [2.05, 4.69) is 47.7 Å². The molecule has 2 aliphatic heterocycles. The van der Waals surface area contributed by atoms with E-state index in [1.165, 1.54) is 49.2 Å². The van der Waals surface area contributed by atoms with Crippen molar-refractivity contribution in [1.29, 1.82) is 0 Å². The third-order valence-corrected chi connectivity index (χ3v) is 5.74. The SMILES string of the molecule is CSc1ccc(C(C)N2CCCC2C2CCCN2)cc1. The average Bonchev–Trinajstić information content (AvgIpc) is 3.16. The van der Waals surface area contributed by atoms with Crippen LogP contribution >= 0.6 is 11.8 Å². The van der Waals surface area contributed by atoms with Gasteiger partial charge in [-0.1, -0.05) is 12.1 Å². The fourth-order valence-electron chi connectivity index (χ4n) is 3.84. The summed E-state index contributed by atoms with van der Waals surface area (Å²) in [4.78, 5) is 4.09. The predicted molar refractivity (Wildman–Crippen MR) is 87.4 cm³/mol. The molecule has 3 rings (SSSR count). The van der Waals surface area contributed by atoms with Gasteiger partial charge < -0.3 is 5.32 Å². The number of hydrogen-bond acceptors (Lipinski definition) is 3. The molecule has 2 nitrogen and oxygen atoms in total. The van der Waals surface area contributed by atoms with Crippen molar-refractivity contribution in [2.24, 2.45) is 0 Å². The maximum absolute atomic E-state index is 3.71.